The quantitative estimate of drug-likeness (QED) is 0.586. The number of fused-ring (bicyclic) bond motifs is 1. The zero-order valence-electron chi connectivity index (χ0n) is 16.9. The van der Waals surface area contributed by atoms with E-state index >= 15 is 0 Å². The molecule has 5 heteroatoms. The maximum absolute atomic E-state index is 13.1. The van der Waals surface area contributed by atoms with E-state index in [1.165, 1.54) is 10.9 Å². The molecule has 3 aromatic rings. The van der Waals surface area contributed by atoms with Crippen LogP contribution >= 0.6 is 0 Å². The number of Topliss-reactive ketones (excluding diaryl/α,β-unsaturated/α-hetero) is 1. The van der Waals surface area contributed by atoms with Gasteiger partial charge in [0.2, 0.25) is 0 Å². The summed E-state index contributed by atoms with van der Waals surface area (Å²) in [5.41, 5.74) is 1.97. The van der Waals surface area contributed by atoms with Gasteiger partial charge in [0.25, 0.3) is 0 Å². The molecular weight excluding hydrogens is 364 g/mol. The lowest BCUT2D eigenvalue weighted by Crippen LogP contribution is -2.38. The molecule has 0 N–H and O–H groups in total. The molecule has 0 aliphatic carbocycles. The highest BCUT2D eigenvalue weighted by atomic mass is 16.5. The Labute approximate surface area is 171 Å². The number of benzene rings is 2. The second-order valence-corrected chi connectivity index (χ2v) is 7.52. The van der Waals surface area contributed by atoms with Crippen LogP contribution < -0.4 is 9.47 Å². The van der Waals surface area contributed by atoms with Gasteiger partial charge in [-0.15, -0.1) is 0 Å². The molecular formula is C24H26N2O3. The molecule has 1 saturated heterocycles. The van der Waals surface area contributed by atoms with E-state index in [-0.39, 0.29) is 11.7 Å². The van der Waals surface area contributed by atoms with Crippen molar-refractivity contribution in [1.82, 2.24) is 9.88 Å². The zero-order valence-corrected chi connectivity index (χ0v) is 16.9. The fourth-order valence-corrected chi connectivity index (χ4v) is 4.21. The number of rotatable bonds is 6. The molecule has 1 aliphatic heterocycles. The van der Waals surface area contributed by atoms with Gasteiger partial charge in [-0.2, -0.15) is 0 Å². The van der Waals surface area contributed by atoms with Crippen molar-refractivity contribution < 1.29 is 14.3 Å². The van der Waals surface area contributed by atoms with Gasteiger partial charge in [0.15, 0.2) is 17.3 Å². The predicted octanol–water partition coefficient (Wildman–Crippen LogP) is 4.35. The van der Waals surface area contributed by atoms with Crippen LogP contribution in [-0.2, 0) is 6.54 Å². The first-order valence-corrected chi connectivity index (χ1v) is 10.00. The van der Waals surface area contributed by atoms with E-state index in [9.17, 15) is 4.79 Å². The number of hydrogen-bond acceptors (Lipinski definition) is 5. The third-order valence-corrected chi connectivity index (χ3v) is 5.71. The number of carbonyl (C=O) groups excluding carboxylic acids is 1. The molecule has 0 spiro atoms. The number of piperidine rings is 1. The number of pyridine rings is 1. The SMILES string of the molecule is COc1ccc(C(=O)[C@H]2CCCN(Cc3cccc4cnccc34)C2)cc1OC. The van der Waals surface area contributed by atoms with Crippen molar-refractivity contribution >= 4 is 16.6 Å². The van der Waals surface area contributed by atoms with E-state index in [0.29, 0.717) is 17.1 Å². The molecule has 0 bridgehead atoms. The van der Waals surface area contributed by atoms with Crippen molar-refractivity contribution in [3.63, 3.8) is 0 Å². The average Bonchev–Trinajstić information content (AvgIpc) is 2.78. The van der Waals surface area contributed by atoms with Gasteiger partial charge in [-0.3, -0.25) is 14.7 Å². The maximum atomic E-state index is 13.1. The largest absolute Gasteiger partial charge is 0.493 e. The summed E-state index contributed by atoms with van der Waals surface area (Å²) >= 11 is 0. The van der Waals surface area contributed by atoms with Crippen molar-refractivity contribution in [3.8, 4) is 11.5 Å². The number of methoxy groups -OCH3 is 2. The Morgan fingerprint density at radius 1 is 1.14 bits per heavy atom. The van der Waals surface area contributed by atoms with Crippen LogP contribution in [0.15, 0.2) is 54.9 Å². The van der Waals surface area contributed by atoms with Gasteiger partial charge in [0.1, 0.15) is 0 Å². The minimum Gasteiger partial charge on any atom is -0.493 e. The summed E-state index contributed by atoms with van der Waals surface area (Å²) in [6.07, 6.45) is 5.68. The van der Waals surface area contributed by atoms with E-state index in [4.69, 9.17) is 9.47 Å². The van der Waals surface area contributed by atoms with E-state index < -0.39 is 0 Å². The number of aromatic nitrogens is 1. The van der Waals surface area contributed by atoms with Crippen LogP contribution in [0.25, 0.3) is 10.8 Å². The van der Waals surface area contributed by atoms with Gasteiger partial charge in [-0.05, 0) is 54.6 Å². The lowest BCUT2D eigenvalue weighted by atomic mass is 9.89. The third-order valence-electron chi connectivity index (χ3n) is 5.71. The zero-order chi connectivity index (χ0) is 20.2. The number of likely N-dealkylation sites (tertiary alicyclic amines) is 1. The van der Waals surface area contributed by atoms with E-state index in [0.717, 1.165) is 37.9 Å². The second kappa shape index (κ2) is 8.62. The fourth-order valence-electron chi connectivity index (χ4n) is 4.21. The van der Waals surface area contributed by atoms with Crippen LogP contribution in [0.3, 0.4) is 0 Å². The number of nitrogens with zero attached hydrogens (tertiary/aromatic N) is 2. The highest BCUT2D eigenvalue weighted by Crippen LogP contribution is 2.30. The lowest BCUT2D eigenvalue weighted by molar-refractivity contribution is 0.0811. The Balaban J connectivity index is 1.50. The Bertz CT molecular complexity index is 1010. The van der Waals surface area contributed by atoms with Gasteiger partial charge in [-0.25, -0.2) is 0 Å². The van der Waals surface area contributed by atoms with E-state index in [2.05, 4.69) is 34.1 Å². The summed E-state index contributed by atoms with van der Waals surface area (Å²) in [7, 11) is 3.19. The Morgan fingerprint density at radius 2 is 2.00 bits per heavy atom. The van der Waals surface area contributed by atoms with Gasteiger partial charge in [0, 0.05) is 42.4 Å². The summed E-state index contributed by atoms with van der Waals surface area (Å²) < 4.78 is 10.6. The standard InChI is InChI=1S/C24H26N2O3/c1-28-22-9-8-17(13-23(22)29-2)24(27)20-7-4-12-26(16-20)15-19-6-3-5-18-14-25-11-10-21(18)19/h3,5-6,8-11,13-14,20H,4,7,12,15-16H2,1-2H3/t20-/m0/s1. The third kappa shape index (κ3) is 4.10. The smallest absolute Gasteiger partial charge is 0.167 e. The topological polar surface area (TPSA) is 51.7 Å². The van der Waals surface area contributed by atoms with Gasteiger partial charge in [0.05, 0.1) is 14.2 Å². The van der Waals surface area contributed by atoms with Crippen LogP contribution in [0.2, 0.25) is 0 Å². The molecule has 4 rings (SSSR count). The summed E-state index contributed by atoms with van der Waals surface area (Å²) in [6, 6.07) is 13.8. The van der Waals surface area contributed by atoms with Crippen LogP contribution in [0.5, 0.6) is 11.5 Å². The molecule has 0 unspecified atom stereocenters. The molecule has 1 atom stereocenters. The monoisotopic (exact) mass is 390 g/mol. The molecule has 1 aromatic heterocycles. The average molecular weight is 390 g/mol. The van der Waals surface area contributed by atoms with Crippen molar-refractivity contribution in [3.05, 3.63) is 66.0 Å². The van der Waals surface area contributed by atoms with Gasteiger partial charge < -0.3 is 9.47 Å². The minimum absolute atomic E-state index is 0.00139. The van der Waals surface area contributed by atoms with E-state index in [1.54, 1.807) is 26.4 Å². The number of hydrogen-bond donors (Lipinski definition) is 0. The first-order valence-electron chi connectivity index (χ1n) is 10.00. The highest BCUT2D eigenvalue weighted by Gasteiger charge is 2.27. The lowest BCUT2D eigenvalue weighted by Gasteiger charge is -2.32. The summed E-state index contributed by atoms with van der Waals surface area (Å²) in [5, 5.41) is 2.39. The molecule has 0 amide bonds. The Hall–Kier alpha value is -2.92. The number of carbonyl (C=O) groups is 1. The molecule has 0 saturated carbocycles. The van der Waals surface area contributed by atoms with Crippen LogP contribution in [-0.4, -0.2) is 43.0 Å². The summed E-state index contributed by atoms with van der Waals surface area (Å²) in [6.45, 7) is 2.63. The molecule has 0 radical (unpaired) electrons. The van der Waals surface area contributed by atoms with Crippen molar-refractivity contribution in [2.24, 2.45) is 5.92 Å². The van der Waals surface area contributed by atoms with E-state index in [1.807, 2.05) is 18.5 Å². The first kappa shape index (κ1) is 19.4. The highest BCUT2D eigenvalue weighted by molar-refractivity contribution is 5.98. The number of ether oxygens (including phenoxy) is 2. The van der Waals surface area contributed by atoms with Crippen molar-refractivity contribution in [1.29, 1.82) is 0 Å². The van der Waals surface area contributed by atoms with Gasteiger partial charge >= 0.3 is 0 Å². The van der Waals surface area contributed by atoms with Gasteiger partial charge in [-0.1, -0.05) is 18.2 Å². The molecule has 1 aliphatic rings. The molecule has 150 valence electrons. The minimum atomic E-state index is -0.00139. The molecule has 1 fully saturated rings. The Kier molecular flexibility index (Phi) is 5.76. The molecule has 5 nitrogen and oxygen atoms in total. The summed E-state index contributed by atoms with van der Waals surface area (Å²) in [4.78, 5) is 19.8. The van der Waals surface area contributed by atoms with Crippen molar-refractivity contribution in [2.75, 3.05) is 27.3 Å². The summed E-state index contributed by atoms with van der Waals surface area (Å²) in [5.74, 6) is 1.41. The first-order chi connectivity index (χ1) is 14.2. The molecule has 2 heterocycles. The normalized spacial score (nSPS) is 17.2. The van der Waals surface area contributed by atoms with Crippen LogP contribution in [0.1, 0.15) is 28.8 Å². The molecule has 2 aromatic carbocycles. The fraction of sp³-hybridized carbons (Fsp3) is 0.333. The predicted molar refractivity (Wildman–Crippen MR) is 114 cm³/mol. The van der Waals surface area contributed by atoms with Crippen LogP contribution in [0, 0.1) is 5.92 Å². The molecule has 29 heavy (non-hydrogen) atoms. The second-order valence-electron chi connectivity index (χ2n) is 7.52. The Morgan fingerprint density at radius 3 is 2.83 bits per heavy atom. The van der Waals surface area contributed by atoms with Crippen molar-refractivity contribution in [2.45, 2.75) is 19.4 Å². The maximum Gasteiger partial charge on any atom is 0.167 e. The number of ketones is 1. The van der Waals surface area contributed by atoms with Crippen LogP contribution in [0.4, 0.5) is 0 Å².